The van der Waals surface area contributed by atoms with Crippen molar-refractivity contribution in [1.29, 1.82) is 0 Å². The monoisotopic (exact) mass is 305 g/mol. The Bertz CT molecular complexity index is 593. The highest BCUT2D eigenvalue weighted by molar-refractivity contribution is 7.09. The molecule has 6 heteroatoms. The molecule has 0 aliphatic heterocycles. The van der Waals surface area contributed by atoms with E-state index in [0.29, 0.717) is 5.92 Å². The van der Waals surface area contributed by atoms with Crippen LogP contribution >= 0.6 is 11.3 Å². The Labute approximate surface area is 130 Å². The van der Waals surface area contributed by atoms with Gasteiger partial charge in [0, 0.05) is 29.6 Å². The van der Waals surface area contributed by atoms with Crippen molar-refractivity contribution in [3.8, 4) is 0 Å². The van der Waals surface area contributed by atoms with Gasteiger partial charge < -0.3 is 10.6 Å². The molecule has 0 saturated heterocycles. The predicted molar refractivity (Wildman–Crippen MR) is 89.2 cm³/mol. The van der Waals surface area contributed by atoms with Crippen molar-refractivity contribution in [3.63, 3.8) is 0 Å². The van der Waals surface area contributed by atoms with Crippen LogP contribution in [0, 0.1) is 6.92 Å². The second-order valence-electron chi connectivity index (χ2n) is 5.37. The Morgan fingerprint density at radius 1 is 1.14 bits per heavy atom. The van der Waals surface area contributed by atoms with Gasteiger partial charge in [-0.15, -0.1) is 11.3 Å². The van der Waals surface area contributed by atoms with Crippen molar-refractivity contribution in [2.45, 2.75) is 46.6 Å². The molecule has 0 spiro atoms. The molecule has 2 heterocycles. The average Bonchev–Trinajstić information content (AvgIpc) is 2.85. The normalized spacial score (nSPS) is 12.5. The van der Waals surface area contributed by atoms with E-state index in [9.17, 15) is 0 Å². The number of hydrogen-bond donors (Lipinski definition) is 2. The fourth-order valence-electron chi connectivity index (χ4n) is 1.92. The molecular weight excluding hydrogens is 282 g/mol. The molecule has 0 amide bonds. The van der Waals surface area contributed by atoms with E-state index < -0.39 is 0 Å². The standard InChI is InChI=1S/C15H23N5S/c1-6-16-12-7-13(20-14(19-12)9(2)3)18-11(5)15-17-10(4)8-21-15/h7-9,11H,6H2,1-5H3,(H2,16,18,19,20). The Balaban J connectivity index is 2.21. The lowest BCUT2D eigenvalue weighted by Gasteiger charge is -2.15. The molecule has 0 bridgehead atoms. The van der Waals surface area contributed by atoms with Gasteiger partial charge in [0.2, 0.25) is 0 Å². The minimum Gasteiger partial charge on any atom is -0.370 e. The average molecular weight is 305 g/mol. The maximum atomic E-state index is 4.60. The number of thiazole rings is 1. The summed E-state index contributed by atoms with van der Waals surface area (Å²) in [5.74, 6) is 2.84. The number of hydrogen-bond acceptors (Lipinski definition) is 6. The van der Waals surface area contributed by atoms with Crippen LogP contribution in [0.1, 0.15) is 56.2 Å². The van der Waals surface area contributed by atoms with E-state index in [-0.39, 0.29) is 6.04 Å². The van der Waals surface area contributed by atoms with Gasteiger partial charge in [-0.2, -0.15) is 0 Å². The molecule has 2 aromatic rings. The largest absolute Gasteiger partial charge is 0.370 e. The van der Waals surface area contributed by atoms with Gasteiger partial charge in [0.15, 0.2) is 0 Å². The van der Waals surface area contributed by atoms with E-state index in [0.717, 1.165) is 34.7 Å². The lowest BCUT2D eigenvalue weighted by molar-refractivity contribution is 0.768. The molecule has 2 aromatic heterocycles. The Hall–Kier alpha value is -1.69. The minimum atomic E-state index is 0.132. The van der Waals surface area contributed by atoms with E-state index in [1.54, 1.807) is 11.3 Å². The van der Waals surface area contributed by atoms with Gasteiger partial charge in [-0.1, -0.05) is 13.8 Å². The fourth-order valence-corrected chi connectivity index (χ4v) is 2.73. The van der Waals surface area contributed by atoms with Crippen LogP contribution in [0.4, 0.5) is 11.6 Å². The second-order valence-corrected chi connectivity index (χ2v) is 6.26. The first-order chi connectivity index (χ1) is 9.99. The van der Waals surface area contributed by atoms with E-state index in [1.165, 1.54) is 0 Å². The summed E-state index contributed by atoms with van der Waals surface area (Å²) in [6.07, 6.45) is 0. The number of nitrogens with one attached hydrogen (secondary N) is 2. The first-order valence-corrected chi connectivity index (χ1v) is 8.19. The number of aryl methyl sites for hydroxylation is 1. The third-order valence-electron chi connectivity index (χ3n) is 2.99. The molecule has 21 heavy (non-hydrogen) atoms. The topological polar surface area (TPSA) is 62.7 Å². The summed E-state index contributed by atoms with van der Waals surface area (Å²) in [6.45, 7) is 11.2. The first-order valence-electron chi connectivity index (χ1n) is 7.31. The Morgan fingerprint density at radius 2 is 1.86 bits per heavy atom. The van der Waals surface area contributed by atoms with Gasteiger partial charge in [-0.05, 0) is 20.8 Å². The summed E-state index contributed by atoms with van der Waals surface area (Å²) in [6, 6.07) is 2.08. The highest BCUT2D eigenvalue weighted by Gasteiger charge is 2.13. The molecule has 0 aromatic carbocycles. The number of aromatic nitrogens is 3. The molecule has 2 rings (SSSR count). The van der Waals surface area contributed by atoms with Crippen LogP contribution in [0.3, 0.4) is 0 Å². The molecule has 0 radical (unpaired) electrons. The molecule has 114 valence electrons. The third-order valence-corrected chi connectivity index (χ3v) is 4.13. The predicted octanol–water partition coefficient (Wildman–Crippen LogP) is 3.97. The molecule has 5 nitrogen and oxygen atoms in total. The number of nitrogens with zero attached hydrogens (tertiary/aromatic N) is 3. The van der Waals surface area contributed by atoms with Gasteiger partial charge in [0.05, 0.1) is 6.04 Å². The van der Waals surface area contributed by atoms with Crippen molar-refractivity contribution in [3.05, 3.63) is 28.0 Å². The third kappa shape index (κ3) is 4.14. The summed E-state index contributed by atoms with van der Waals surface area (Å²) in [5, 5.41) is 9.82. The van der Waals surface area contributed by atoms with Crippen LogP contribution < -0.4 is 10.6 Å². The molecule has 2 N–H and O–H groups in total. The molecular formula is C15H23N5S. The maximum Gasteiger partial charge on any atom is 0.135 e. The van der Waals surface area contributed by atoms with Crippen molar-refractivity contribution >= 4 is 23.0 Å². The van der Waals surface area contributed by atoms with Crippen molar-refractivity contribution in [2.24, 2.45) is 0 Å². The fraction of sp³-hybridized carbons (Fsp3) is 0.533. The van der Waals surface area contributed by atoms with Crippen LogP contribution in [0.15, 0.2) is 11.4 Å². The highest BCUT2D eigenvalue weighted by Crippen LogP contribution is 2.23. The zero-order valence-electron chi connectivity index (χ0n) is 13.3. The van der Waals surface area contributed by atoms with Crippen molar-refractivity contribution < 1.29 is 0 Å². The Morgan fingerprint density at radius 3 is 2.43 bits per heavy atom. The van der Waals surface area contributed by atoms with E-state index in [2.05, 4.69) is 58.7 Å². The summed E-state index contributed by atoms with van der Waals surface area (Å²) >= 11 is 1.67. The zero-order valence-corrected chi connectivity index (χ0v) is 14.1. The van der Waals surface area contributed by atoms with E-state index in [4.69, 9.17) is 0 Å². The van der Waals surface area contributed by atoms with Crippen molar-refractivity contribution in [1.82, 2.24) is 15.0 Å². The summed E-state index contributed by atoms with van der Waals surface area (Å²) in [4.78, 5) is 13.7. The van der Waals surface area contributed by atoms with Crippen LogP contribution in [-0.2, 0) is 0 Å². The Kier molecular flexibility index (Phi) is 5.12. The maximum absolute atomic E-state index is 4.60. The molecule has 0 saturated carbocycles. The van der Waals surface area contributed by atoms with Gasteiger partial charge in [0.1, 0.15) is 22.5 Å². The van der Waals surface area contributed by atoms with Crippen LogP contribution in [0.5, 0.6) is 0 Å². The van der Waals surface area contributed by atoms with Crippen LogP contribution in [-0.4, -0.2) is 21.5 Å². The lowest BCUT2D eigenvalue weighted by atomic mass is 10.2. The first kappa shape index (κ1) is 15.7. The quantitative estimate of drug-likeness (QED) is 0.845. The van der Waals surface area contributed by atoms with Gasteiger partial charge in [-0.3, -0.25) is 0 Å². The van der Waals surface area contributed by atoms with Gasteiger partial charge in [0.25, 0.3) is 0 Å². The SMILES string of the molecule is CCNc1cc(NC(C)c2nc(C)cs2)nc(C(C)C)n1. The van der Waals surface area contributed by atoms with Crippen LogP contribution in [0.2, 0.25) is 0 Å². The smallest absolute Gasteiger partial charge is 0.135 e. The number of anilines is 2. The van der Waals surface area contributed by atoms with Gasteiger partial charge >= 0.3 is 0 Å². The van der Waals surface area contributed by atoms with E-state index >= 15 is 0 Å². The summed E-state index contributed by atoms with van der Waals surface area (Å²) in [7, 11) is 0. The minimum absolute atomic E-state index is 0.132. The molecule has 0 aliphatic rings. The molecule has 0 aliphatic carbocycles. The molecule has 1 atom stereocenters. The summed E-state index contributed by atoms with van der Waals surface area (Å²) < 4.78 is 0. The lowest BCUT2D eigenvalue weighted by Crippen LogP contribution is -2.11. The van der Waals surface area contributed by atoms with Crippen LogP contribution in [0.25, 0.3) is 0 Å². The molecule has 0 fully saturated rings. The summed E-state index contributed by atoms with van der Waals surface area (Å²) in [5.41, 5.74) is 1.06. The zero-order chi connectivity index (χ0) is 15.4. The number of rotatable bonds is 6. The van der Waals surface area contributed by atoms with E-state index in [1.807, 2.05) is 13.0 Å². The van der Waals surface area contributed by atoms with Crippen molar-refractivity contribution in [2.75, 3.05) is 17.2 Å². The highest BCUT2D eigenvalue weighted by atomic mass is 32.1. The molecule has 1 unspecified atom stereocenters. The van der Waals surface area contributed by atoms with Gasteiger partial charge in [-0.25, -0.2) is 15.0 Å². The second kappa shape index (κ2) is 6.85.